The number of carboxylic acid groups (broad SMARTS) is 1. The van der Waals surface area contributed by atoms with Crippen LogP contribution in [-0.2, 0) is 24.2 Å². The maximum Gasteiger partial charge on any atom is 0.320 e. The van der Waals surface area contributed by atoms with E-state index in [1.165, 1.54) is 0 Å². The number of rotatable bonds is 6. The fourth-order valence-electron chi connectivity index (χ4n) is 1.62. The summed E-state index contributed by atoms with van der Waals surface area (Å²) in [5.41, 5.74) is 6.24. The third-order valence-electron chi connectivity index (χ3n) is 2.47. The number of imidazole rings is 1. The van der Waals surface area contributed by atoms with Crippen molar-refractivity contribution in [3.63, 3.8) is 0 Å². The Hall–Kier alpha value is -1.36. The highest BCUT2D eigenvalue weighted by molar-refractivity contribution is 5.73. The molecule has 0 aliphatic heterocycles. The minimum Gasteiger partial charge on any atom is -0.480 e. The van der Waals surface area contributed by atoms with Crippen LogP contribution >= 0.6 is 0 Å². The first-order chi connectivity index (χ1) is 7.58. The average molecular weight is 225 g/mol. The Morgan fingerprint density at radius 2 is 2.31 bits per heavy atom. The lowest BCUT2D eigenvalue weighted by atomic mass is 10.2. The quantitative estimate of drug-likeness (QED) is 0.750. The summed E-state index contributed by atoms with van der Waals surface area (Å²) in [6.45, 7) is 4.99. The zero-order valence-corrected chi connectivity index (χ0v) is 9.81. The van der Waals surface area contributed by atoms with Crippen molar-refractivity contribution in [2.24, 2.45) is 5.73 Å². The summed E-state index contributed by atoms with van der Waals surface area (Å²) in [5.74, 6) is 0.0284. The van der Waals surface area contributed by atoms with Crippen LogP contribution in [0.4, 0.5) is 0 Å². The van der Waals surface area contributed by atoms with Gasteiger partial charge in [-0.25, -0.2) is 4.98 Å². The fourth-order valence-corrected chi connectivity index (χ4v) is 1.62. The van der Waals surface area contributed by atoms with Gasteiger partial charge in [0.05, 0.1) is 5.69 Å². The second-order valence-electron chi connectivity index (χ2n) is 3.83. The predicted molar refractivity (Wildman–Crippen MR) is 61.2 cm³/mol. The minimum absolute atomic E-state index is 0.291. The maximum atomic E-state index is 10.6. The van der Waals surface area contributed by atoms with Gasteiger partial charge in [0.25, 0.3) is 0 Å². The third kappa shape index (κ3) is 3.06. The van der Waals surface area contributed by atoms with Crippen LogP contribution < -0.4 is 5.73 Å². The molecule has 0 radical (unpaired) electrons. The van der Waals surface area contributed by atoms with Crippen molar-refractivity contribution in [3.8, 4) is 0 Å². The van der Waals surface area contributed by atoms with E-state index in [4.69, 9.17) is 10.8 Å². The zero-order valence-electron chi connectivity index (χ0n) is 9.81. The SMILES string of the molecule is CCCc1nc(C[C@H](N)C(=O)O)cn1CC. The molecule has 0 fully saturated rings. The standard InChI is InChI=1S/C11H19N3O2/c1-3-5-10-13-8(7-14(10)4-2)6-9(12)11(15)16/h7,9H,3-6,12H2,1-2H3,(H,15,16)/t9-/m0/s1. The van der Waals surface area contributed by atoms with Crippen molar-refractivity contribution in [1.29, 1.82) is 0 Å². The topological polar surface area (TPSA) is 81.1 Å². The number of hydrogen-bond donors (Lipinski definition) is 2. The zero-order chi connectivity index (χ0) is 12.1. The molecule has 0 bridgehead atoms. The lowest BCUT2D eigenvalue weighted by molar-refractivity contribution is -0.138. The monoisotopic (exact) mass is 225 g/mol. The van der Waals surface area contributed by atoms with Crippen molar-refractivity contribution in [2.45, 2.75) is 45.7 Å². The normalized spacial score (nSPS) is 12.7. The van der Waals surface area contributed by atoms with Crippen molar-refractivity contribution in [1.82, 2.24) is 9.55 Å². The Kier molecular flexibility index (Phi) is 4.49. The Bertz CT molecular complexity index is 360. The molecule has 1 aromatic rings. The maximum absolute atomic E-state index is 10.6. The van der Waals surface area contributed by atoms with Crippen LogP contribution in [0.1, 0.15) is 31.8 Å². The molecule has 0 saturated carbocycles. The summed E-state index contributed by atoms with van der Waals surface area (Å²) < 4.78 is 2.05. The molecule has 5 heteroatoms. The first kappa shape index (κ1) is 12.7. The van der Waals surface area contributed by atoms with E-state index in [-0.39, 0.29) is 0 Å². The average Bonchev–Trinajstić information content (AvgIpc) is 2.60. The highest BCUT2D eigenvalue weighted by atomic mass is 16.4. The number of carbonyl (C=O) groups is 1. The van der Waals surface area contributed by atoms with Crippen LogP contribution in [0.3, 0.4) is 0 Å². The van der Waals surface area contributed by atoms with Crippen molar-refractivity contribution < 1.29 is 9.90 Å². The molecule has 1 heterocycles. The van der Waals surface area contributed by atoms with Crippen LogP contribution in [0, 0.1) is 0 Å². The largest absolute Gasteiger partial charge is 0.480 e. The molecule has 1 atom stereocenters. The first-order valence-electron chi connectivity index (χ1n) is 5.61. The van der Waals surface area contributed by atoms with E-state index < -0.39 is 12.0 Å². The summed E-state index contributed by atoms with van der Waals surface area (Å²) in [6, 6.07) is -0.866. The van der Waals surface area contributed by atoms with Gasteiger partial charge in [-0.3, -0.25) is 4.79 Å². The van der Waals surface area contributed by atoms with E-state index in [0.29, 0.717) is 6.42 Å². The number of aryl methyl sites for hydroxylation is 2. The molecule has 0 unspecified atom stereocenters. The van der Waals surface area contributed by atoms with Gasteiger partial charge in [-0.05, 0) is 13.3 Å². The molecule has 0 spiro atoms. The third-order valence-corrected chi connectivity index (χ3v) is 2.47. The van der Waals surface area contributed by atoms with Crippen LogP contribution in [0.5, 0.6) is 0 Å². The van der Waals surface area contributed by atoms with Gasteiger partial charge in [0.1, 0.15) is 11.9 Å². The van der Waals surface area contributed by atoms with E-state index in [2.05, 4.69) is 11.9 Å². The van der Waals surface area contributed by atoms with Gasteiger partial charge >= 0.3 is 5.97 Å². The molecule has 1 rings (SSSR count). The molecule has 3 N–H and O–H groups in total. The van der Waals surface area contributed by atoms with Crippen LogP contribution in [0.25, 0.3) is 0 Å². The Labute approximate surface area is 95.3 Å². The van der Waals surface area contributed by atoms with Crippen molar-refractivity contribution in [2.75, 3.05) is 0 Å². The number of hydrogen-bond acceptors (Lipinski definition) is 3. The molecule has 5 nitrogen and oxygen atoms in total. The number of aliphatic carboxylic acids is 1. The van der Waals surface area contributed by atoms with Crippen LogP contribution in [0.2, 0.25) is 0 Å². The minimum atomic E-state index is -0.983. The van der Waals surface area contributed by atoms with Gasteiger partial charge in [0.2, 0.25) is 0 Å². The first-order valence-corrected chi connectivity index (χ1v) is 5.61. The molecule has 0 aliphatic carbocycles. The molecule has 0 saturated heterocycles. The van der Waals surface area contributed by atoms with E-state index in [9.17, 15) is 4.79 Å². The number of aromatic nitrogens is 2. The summed E-state index contributed by atoms with van der Waals surface area (Å²) in [4.78, 5) is 15.0. The van der Waals surface area contributed by atoms with E-state index in [0.717, 1.165) is 30.9 Å². The summed E-state index contributed by atoms with van der Waals surface area (Å²) in [6.07, 6.45) is 4.13. The van der Waals surface area contributed by atoms with Gasteiger partial charge < -0.3 is 15.4 Å². The molecule has 16 heavy (non-hydrogen) atoms. The van der Waals surface area contributed by atoms with Gasteiger partial charge in [-0.15, -0.1) is 0 Å². The Morgan fingerprint density at radius 1 is 1.62 bits per heavy atom. The molecular formula is C11H19N3O2. The van der Waals surface area contributed by atoms with E-state index in [1.54, 1.807) is 0 Å². The number of nitrogens with two attached hydrogens (primary N) is 1. The summed E-state index contributed by atoms with van der Waals surface area (Å²) in [7, 11) is 0. The number of nitrogens with zero attached hydrogens (tertiary/aromatic N) is 2. The van der Waals surface area contributed by atoms with Gasteiger partial charge in [-0.1, -0.05) is 6.92 Å². The van der Waals surface area contributed by atoms with Crippen molar-refractivity contribution in [3.05, 3.63) is 17.7 Å². The molecule has 90 valence electrons. The Balaban J connectivity index is 2.78. The van der Waals surface area contributed by atoms with E-state index in [1.807, 2.05) is 17.7 Å². The van der Waals surface area contributed by atoms with Gasteiger partial charge in [-0.2, -0.15) is 0 Å². The van der Waals surface area contributed by atoms with Crippen molar-refractivity contribution >= 4 is 5.97 Å². The molecule has 0 amide bonds. The van der Waals surface area contributed by atoms with Gasteiger partial charge in [0.15, 0.2) is 0 Å². The fraction of sp³-hybridized carbons (Fsp3) is 0.636. The molecular weight excluding hydrogens is 206 g/mol. The molecule has 1 aromatic heterocycles. The highest BCUT2D eigenvalue weighted by Crippen LogP contribution is 2.08. The summed E-state index contributed by atoms with van der Waals surface area (Å²) >= 11 is 0. The lowest BCUT2D eigenvalue weighted by Crippen LogP contribution is -2.32. The predicted octanol–water partition coefficient (Wildman–Crippen LogP) is 0.810. The molecule has 0 aromatic carbocycles. The van der Waals surface area contributed by atoms with Gasteiger partial charge in [0, 0.05) is 25.6 Å². The second-order valence-corrected chi connectivity index (χ2v) is 3.83. The van der Waals surface area contributed by atoms with Crippen LogP contribution in [-0.4, -0.2) is 26.7 Å². The number of carboxylic acids is 1. The Morgan fingerprint density at radius 3 is 2.81 bits per heavy atom. The smallest absolute Gasteiger partial charge is 0.320 e. The van der Waals surface area contributed by atoms with Crippen LogP contribution in [0.15, 0.2) is 6.20 Å². The van der Waals surface area contributed by atoms with E-state index >= 15 is 0 Å². The summed E-state index contributed by atoms with van der Waals surface area (Å²) in [5, 5.41) is 8.72. The lowest BCUT2D eigenvalue weighted by Gasteiger charge is -2.01. The highest BCUT2D eigenvalue weighted by Gasteiger charge is 2.15. The molecule has 0 aliphatic rings. The second kappa shape index (κ2) is 5.65.